The number of aryl methyl sites for hydroxylation is 1. The van der Waals surface area contributed by atoms with Crippen molar-refractivity contribution < 1.29 is 30.7 Å². The lowest BCUT2D eigenvalue weighted by atomic mass is 9.90. The van der Waals surface area contributed by atoms with Crippen molar-refractivity contribution in [2.45, 2.75) is 31.4 Å². The van der Waals surface area contributed by atoms with Crippen LogP contribution in [0.4, 0.5) is 30.7 Å². The van der Waals surface area contributed by atoms with Crippen molar-refractivity contribution in [1.82, 2.24) is 4.98 Å². The third kappa shape index (κ3) is 3.30. The molecule has 0 amide bonds. The molecule has 0 saturated heterocycles. The summed E-state index contributed by atoms with van der Waals surface area (Å²) in [5.41, 5.74) is -7.12. The Bertz CT molecular complexity index is 708. The molecular formula is C14H9BrF7NS. The maximum absolute atomic E-state index is 14.5. The lowest BCUT2D eigenvalue weighted by Gasteiger charge is -2.31. The van der Waals surface area contributed by atoms with Crippen LogP contribution in [0, 0.1) is 6.92 Å². The summed E-state index contributed by atoms with van der Waals surface area (Å²) in [6.45, 7) is 1.31. The molecule has 0 atom stereocenters. The van der Waals surface area contributed by atoms with Gasteiger partial charge in [0.2, 0.25) is 0 Å². The summed E-state index contributed by atoms with van der Waals surface area (Å²) in [6, 6.07) is 2.79. The van der Waals surface area contributed by atoms with Crippen molar-refractivity contribution in [3.63, 3.8) is 0 Å². The zero-order valence-electron chi connectivity index (χ0n) is 11.9. The van der Waals surface area contributed by atoms with E-state index in [4.69, 9.17) is 0 Å². The molecule has 132 valence electrons. The van der Waals surface area contributed by atoms with Crippen molar-refractivity contribution in [3.8, 4) is 0 Å². The summed E-state index contributed by atoms with van der Waals surface area (Å²) in [5, 5.41) is 3.18. The molecule has 0 bridgehead atoms. The highest BCUT2D eigenvalue weighted by atomic mass is 79.9. The van der Waals surface area contributed by atoms with E-state index in [-0.39, 0.29) is 16.6 Å². The van der Waals surface area contributed by atoms with Gasteiger partial charge in [0.15, 0.2) is 0 Å². The van der Waals surface area contributed by atoms with E-state index in [0.717, 1.165) is 0 Å². The number of nitrogens with zero attached hydrogens (tertiary/aromatic N) is 1. The molecule has 2 aromatic heterocycles. The van der Waals surface area contributed by atoms with Crippen molar-refractivity contribution in [3.05, 3.63) is 49.9 Å². The van der Waals surface area contributed by atoms with Gasteiger partial charge in [0, 0.05) is 6.42 Å². The molecular weight excluding hydrogens is 427 g/mol. The van der Waals surface area contributed by atoms with E-state index in [2.05, 4.69) is 20.9 Å². The third-order valence-electron chi connectivity index (χ3n) is 3.38. The van der Waals surface area contributed by atoms with Crippen LogP contribution < -0.4 is 0 Å². The van der Waals surface area contributed by atoms with Crippen LogP contribution in [-0.4, -0.2) is 17.3 Å². The minimum atomic E-state index is -6.20. The Balaban J connectivity index is 2.75. The first-order valence-electron chi connectivity index (χ1n) is 6.38. The maximum atomic E-state index is 14.5. The first-order chi connectivity index (χ1) is 10.9. The Labute approximate surface area is 144 Å². The number of thiophene rings is 1. The molecule has 10 heteroatoms. The first kappa shape index (κ1) is 19.2. The SMILES string of the molecule is Cc1cc(Br)nc(C(F)(C(F)(F)F)C(F)(F)F)c1Cc1ccsc1. The molecule has 0 aliphatic carbocycles. The number of halogens is 8. The van der Waals surface area contributed by atoms with Gasteiger partial charge in [0.25, 0.3) is 0 Å². The Morgan fingerprint density at radius 3 is 2.12 bits per heavy atom. The van der Waals surface area contributed by atoms with Crippen molar-refractivity contribution in [2.24, 2.45) is 0 Å². The minimum absolute atomic E-state index is 0.0774. The van der Waals surface area contributed by atoms with E-state index in [9.17, 15) is 30.7 Å². The summed E-state index contributed by atoms with van der Waals surface area (Å²) in [5.74, 6) is 0. The van der Waals surface area contributed by atoms with Crippen molar-refractivity contribution in [2.75, 3.05) is 0 Å². The van der Waals surface area contributed by atoms with Crippen LogP contribution in [0.5, 0.6) is 0 Å². The average molecular weight is 436 g/mol. The van der Waals surface area contributed by atoms with Crippen LogP contribution >= 0.6 is 27.3 Å². The summed E-state index contributed by atoms with van der Waals surface area (Å²) in [6.07, 6.45) is -12.7. The van der Waals surface area contributed by atoms with E-state index in [1.165, 1.54) is 30.4 Å². The van der Waals surface area contributed by atoms with Crippen LogP contribution in [-0.2, 0) is 12.1 Å². The molecule has 0 N–H and O–H groups in total. The van der Waals surface area contributed by atoms with Gasteiger partial charge < -0.3 is 0 Å². The molecule has 1 nitrogen and oxygen atoms in total. The molecule has 0 aliphatic rings. The number of rotatable bonds is 3. The second-order valence-electron chi connectivity index (χ2n) is 5.05. The third-order valence-corrected chi connectivity index (χ3v) is 4.52. The van der Waals surface area contributed by atoms with Crippen LogP contribution in [0.1, 0.15) is 22.4 Å². The fraction of sp³-hybridized carbons (Fsp3) is 0.357. The molecule has 0 spiro atoms. The predicted molar refractivity (Wildman–Crippen MR) is 78.7 cm³/mol. The molecule has 0 aliphatic heterocycles. The van der Waals surface area contributed by atoms with Gasteiger partial charge in [-0.15, -0.1) is 0 Å². The van der Waals surface area contributed by atoms with Gasteiger partial charge in [-0.25, -0.2) is 9.37 Å². The normalized spacial score (nSPS) is 13.4. The fourth-order valence-electron chi connectivity index (χ4n) is 2.19. The Hall–Kier alpha value is -1.16. The fourth-order valence-corrected chi connectivity index (χ4v) is 3.38. The van der Waals surface area contributed by atoms with Crippen molar-refractivity contribution >= 4 is 27.3 Å². The minimum Gasteiger partial charge on any atom is -0.241 e. The van der Waals surface area contributed by atoms with Gasteiger partial charge in [-0.1, -0.05) is 0 Å². The number of pyridine rings is 1. The van der Waals surface area contributed by atoms with Gasteiger partial charge in [-0.2, -0.15) is 37.7 Å². The van der Waals surface area contributed by atoms with Gasteiger partial charge in [0.1, 0.15) is 10.3 Å². The van der Waals surface area contributed by atoms with Crippen molar-refractivity contribution in [1.29, 1.82) is 0 Å². The molecule has 0 saturated carbocycles. The predicted octanol–water partition coefficient (Wildman–Crippen LogP) is 6.09. The largest absolute Gasteiger partial charge is 0.437 e. The van der Waals surface area contributed by atoms with Crippen LogP contribution in [0.2, 0.25) is 0 Å². The molecule has 0 unspecified atom stereocenters. The lowest BCUT2D eigenvalue weighted by Crippen LogP contribution is -2.51. The number of alkyl halides is 7. The maximum Gasteiger partial charge on any atom is 0.437 e. The average Bonchev–Trinajstić information content (AvgIpc) is 2.91. The number of aromatic nitrogens is 1. The topological polar surface area (TPSA) is 12.9 Å². The Morgan fingerprint density at radius 2 is 1.67 bits per heavy atom. The Morgan fingerprint density at radius 1 is 1.08 bits per heavy atom. The van der Waals surface area contributed by atoms with Gasteiger partial charge in [-0.3, -0.25) is 0 Å². The molecule has 0 fully saturated rings. The zero-order chi connectivity index (χ0) is 18.3. The number of hydrogen-bond acceptors (Lipinski definition) is 2. The van der Waals surface area contributed by atoms with Gasteiger partial charge >= 0.3 is 18.0 Å². The monoisotopic (exact) mass is 435 g/mol. The molecule has 24 heavy (non-hydrogen) atoms. The van der Waals surface area contributed by atoms with E-state index >= 15 is 0 Å². The second-order valence-corrected chi connectivity index (χ2v) is 6.64. The smallest absolute Gasteiger partial charge is 0.241 e. The van der Waals surface area contributed by atoms with E-state index < -0.39 is 29.3 Å². The second kappa shape index (κ2) is 6.29. The quantitative estimate of drug-likeness (QED) is 0.419. The van der Waals surface area contributed by atoms with E-state index in [0.29, 0.717) is 5.56 Å². The van der Waals surface area contributed by atoms with Crippen LogP contribution in [0.3, 0.4) is 0 Å². The zero-order valence-corrected chi connectivity index (χ0v) is 14.3. The van der Waals surface area contributed by atoms with Crippen LogP contribution in [0.25, 0.3) is 0 Å². The van der Waals surface area contributed by atoms with Crippen LogP contribution in [0.15, 0.2) is 27.5 Å². The summed E-state index contributed by atoms with van der Waals surface area (Å²) in [7, 11) is 0. The van der Waals surface area contributed by atoms with E-state index in [1.807, 2.05) is 0 Å². The summed E-state index contributed by atoms with van der Waals surface area (Å²) in [4.78, 5) is 3.22. The highest BCUT2D eigenvalue weighted by Crippen LogP contribution is 2.54. The highest BCUT2D eigenvalue weighted by molar-refractivity contribution is 9.10. The van der Waals surface area contributed by atoms with Gasteiger partial charge in [-0.05, 0) is 62.4 Å². The summed E-state index contributed by atoms with van der Waals surface area (Å²) >= 11 is 3.97. The molecule has 0 aromatic carbocycles. The standard InChI is InChI=1S/C14H9BrF7NS/c1-7-4-10(15)23-11(9(7)5-8-2-3-24-6-8)12(16,13(17,18)19)14(20,21)22/h2-4,6H,5H2,1H3. The lowest BCUT2D eigenvalue weighted by molar-refractivity contribution is -0.350. The van der Waals surface area contributed by atoms with E-state index in [1.54, 1.807) is 10.8 Å². The Kier molecular flexibility index (Phi) is 5.02. The summed E-state index contributed by atoms with van der Waals surface area (Å²) < 4.78 is 92.5. The molecule has 2 aromatic rings. The molecule has 0 radical (unpaired) electrons. The molecule has 2 rings (SSSR count). The highest BCUT2D eigenvalue weighted by Gasteiger charge is 2.75. The number of hydrogen-bond donors (Lipinski definition) is 0. The molecule has 2 heterocycles. The first-order valence-corrected chi connectivity index (χ1v) is 8.11. The van der Waals surface area contributed by atoms with Gasteiger partial charge in [0.05, 0.1) is 0 Å².